The first kappa shape index (κ1) is 11.8. The van der Waals surface area contributed by atoms with E-state index in [4.69, 9.17) is 4.74 Å². The number of ether oxygens (including phenoxy) is 1. The van der Waals surface area contributed by atoms with Crippen LogP contribution >= 0.6 is 0 Å². The summed E-state index contributed by atoms with van der Waals surface area (Å²) in [7, 11) is 0. The molecule has 0 saturated carbocycles. The molecule has 1 aromatic heterocycles. The summed E-state index contributed by atoms with van der Waals surface area (Å²) in [4.78, 5) is 16.2. The number of rotatable bonds is 4. The van der Waals surface area contributed by atoms with Crippen LogP contribution in [0.15, 0.2) is 18.3 Å². The van der Waals surface area contributed by atoms with Crippen LogP contribution < -0.4 is 4.74 Å². The molecule has 1 aliphatic heterocycles. The number of pyridine rings is 1. The molecule has 1 fully saturated rings. The summed E-state index contributed by atoms with van der Waals surface area (Å²) in [5.41, 5.74) is 0. The van der Waals surface area contributed by atoms with Crippen LogP contribution in [0.1, 0.15) is 12.8 Å². The van der Waals surface area contributed by atoms with Crippen LogP contribution in [0.5, 0.6) is 5.88 Å². The number of nitrogens with zero attached hydrogens (tertiary/aromatic N) is 2. The van der Waals surface area contributed by atoms with Crippen LogP contribution in [-0.4, -0.2) is 36.0 Å². The molecule has 0 aliphatic carbocycles. The van der Waals surface area contributed by atoms with Gasteiger partial charge >= 0.3 is 0 Å². The molecule has 1 atom stereocenters. The monoisotopic (exact) mass is 238 g/mol. The molecule has 0 spiro atoms. The van der Waals surface area contributed by atoms with E-state index in [0.717, 1.165) is 38.5 Å². The van der Waals surface area contributed by atoms with Crippen molar-refractivity contribution in [1.82, 2.24) is 9.88 Å². The quantitative estimate of drug-likeness (QED) is 0.746. The number of hydrogen-bond acceptors (Lipinski definition) is 3. The van der Waals surface area contributed by atoms with Gasteiger partial charge in [0.05, 0.1) is 12.8 Å². The number of carbonyl (C=O) groups excluding carboxylic acids is 1. The van der Waals surface area contributed by atoms with Crippen LogP contribution in [-0.2, 0) is 4.79 Å². The van der Waals surface area contributed by atoms with Gasteiger partial charge in [-0.15, -0.1) is 0 Å². The summed E-state index contributed by atoms with van der Waals surface area (Å²) in [6.07, 6.45) is 4.06. The van der Waals surface area contributed by atoms with Crippen LogP contribution in [0.25, 0.3) is 0 Å². The van der Waals surface area contributed by atoms with Crippen LogP contribution in [0.4, 0.5) is 4.39 Å². The molecule has 4 nitrogen and oxygen atoms in total. The Morgan fingerprint density at radius 1 is 1.59 bits per heavy atom. The van der Waals surface area contributed by atoms with Crippen molar-refractivity contribution in [3.05, 3.63) is 24.1 Å². The van der Waals surface area contributed by atoms with Crippen molar-refractivity contribution in [3.8, 4) is 5.88 Å². The minimum absolute atomic E-state index is 0.334. The largest absolute Gasteiger partial charge is 0.477 e. The Balaban J connectivity index is 1.81. The Morgan fingerprint density at radius 2 is 2.47 bits per heavy atom. The van der Waals surface area contributed by atoms with E-state index in [1.54, 1.807) is 4.90 Å². The predicted octanol–water partition coefficient (Wildman–Crippen LogP) is 1.47. The third kappa shape index (κ3) is 3.41. The minimum Gasteiger partial charge on any atom is -0.477 e. The molecule has 92 valence electrons. The van der Waals surface area contributed by atoms with E-state index in [0.29, 0.717) is 18.4 Å². The van der Waals surface area contributed by atoms with Crippen LogP contribution in [0.3, 0.4) is 0 Å². The lowest BCUT2D eigenvalue weighted by atomic mass is 10.00. The summed E-state index contributed by atoms with van der Waals surface area (Å²) in [5.74, 6) is 0.387. The zero-order valence-electron chi connectivity index (χ0n) is 9.51. The summed E-state index contributed by atoms with van der Waals surface area (Å²) in [6, 6.07) is 2.83. The van der Waals surface area contributed by atoms with Gasteiger partial charge in [0, 0.05) is 25.1 Å². The molecule has 1 amide bonds. The fourth-order valence-corrected chi connectivity index (χ4v) is 1.98. The second-order valence-electron chi connectivity index (χ2n) is 4.23. The number of piperidine rings is 1. The topological polar surface area (TPSA) is 42.4 Å². The van der Waals surface area contributed by atoms with Crippen molar-refractivity contribution in [2.45, 2.75) is 12.8 Å². The molecule has 0 N–H and O–H groups in total. The molecule has 1 unspecified atom stereocenters. The SMILES string of the molecule is O=CN1CCCC(COc2ccc(F)cn2)C1. The van der Waals surface area contributed by atoms with Crippen molar-refractivity contribution < 1.29 is 13.9 Å². The predicted molar refractivity (Wildman–Crippen MR) is 60.1 cm³/mol. The van der Waals surface area contributed by atoms with E-state index in [-0.39, 0.29) is 5.82 Å². The highest BCUT2D eigenvalue weighted by atomic mass is 19.1. The van der Waals surface area contributed by atoms with Gasteiger partial charge in [-0.3, -0.25) is 4.79 Å². The van der Waals surface area contributed by atoms with Gasteiger partial charge in [0.2, 0.25) is 12.3 Å². The van der Waals surface area contributed by atoms with Gasteiger partial charge in [-0.2, -0.15) is 0 Å². The number of hydrogen-bond donors (Lipinski definition) is 0. The molecule has 17 heavy (non-hydrogen) atoms. The van der Waals surface area contributed by atoms with Crippen molar-refractivity contribution >= 4 is 6.41 Å². The van der Waals surface area contributed by atoms with E-state index in [1.165, 1.54) is 12.1 Å². The van der Waals surface area contributed by atoms with Crippen LogP contribution in [0, 0.1) is 11.7 Å². The van der Waals surface area contributed by atoms with Gasteiger partial charge in [-0.1, -0.05) is 0 Å². The molecular formula is C12H15FN2O2. The number of likely N-dealkylation sites (tertiary alicyclic amines) is 1. The minimum atomic E-state index is -0.373. The fourth-order valence-electron chi connectivity index (χ4n) is 1.98. The smallest absolute Gasteiger partial charge is 0.213 e. The highest BCUT2D eigenvalue weighted by Crippen LogP contribution is 2.16. The van der Waals surface area contributed by atoms with Gasteiger partial charge in [0.25, 0.3) is 0 Å². The Hall–Kier alpha value is -1.65. The first-order valence-corrected chi connectivity index (χ1v) is 5.71. The van der Waals surface area contributed by atoms with E-state index in [1.807, 2.05) is 0 Å². The molecule has 0 aromatic carbocycles. The number of halogens is 1. The summed E-state index contributed by atoms with van der Waals surface area (Å²) in [6.45, 7) is 2.07. The highest BCUT2D eigenvalue weighted by molar-refractivity contribution is 5.47. The molecule has 0 bridgehead atoms. The third-order valence-electron chi connectivity index (χ3n) is 2.87. The van der Waals surface area contributed by atoms with Crippen molar-refractivity contribution in [3.63, 3.8) is 0 Å². The van der Waals surface area contributed by atoms with Crippen LogP contribution in [0.2, 0.25) is 0 Å². The Kier molecular flexibility index (Phi) is 3.90. The summed E-state index contributed by atoms with van der Waals surface area (Å²) >= 11 is 0. The zero-order valence-corrected chi connectivity index (χ0v) is 9.51. The lowest BCUT2D eigenvalue weighted by molar-refractivity contribution is -0.119. The zero-order chi connectivity index (χ0) is 12.1. The lowest BCUT2D eigenvalue weighted by Gasteiger charge is -2.29. The maximum atomic E-state index is 12.6. The maximum absolute atomic E-state index is 12.6. The Labute approximate surface area is 99.4 Å². The second-order valence-corrected chi connectivity index (χ2v) is 4.23. The standard InChI is InChI=1S/C12H15FN2O2/c13-11-3-4-12(14-6-11)17-8-10-2-1-5-15(7-10)9-16/h3-4,6,9-10H,1-2,5,7-8H2. The van der Waals surface area contributed by atoms with E-state index >= 15 is 0 Å². The van der Waals surface area contributed by atoms with Crippen molar-refractivity contribution in [1.29, 1.82) is 0 Å². The first-order chi connectivity index (χ1) is 8.28. The third-order valence-corrected chi connectivity index (χ3v) is 2.87. The molecule has 0 radical (unpaired) electrons. The van der Waals surface area contributed by atoms with Crippen molar-refractivity contribution in [2.24, 2.45) is 5.92 Å². The molecule has 2 rings (SSSR count). The number of carbonyl (C=O) groups is 1. The number of aromatic nitrogens is 1. The fraction of sp³-hybridized carbons (Fsp3) is 0.500. The average Bonchev–Trinajstić information content (AvgIpc) is 2.38. The summed E-state index contributed by atoms with van der Waals surface area (Å²) in [5, 5.41) is 0. The summed E-state index contributed by atoms with van der Waals surface area (Å²) < 4.78 is 18.1. The number of amides is 1. The van der Waals surface area contributed by atoms with Gasteiger partial charge in [0.1, 0.15) is 5.82 Å². The van der Waals surface area contributed by atoms with Gasteiger partial charge in [0.15, 0.2) is 0 Å². The molecule has 1 saturated heterocycles. The van der Waals surface area contributed by atoms with Gasteiger partial charge in [-0.05, 0) is 18.9 Å². The molecular weight excluding hydrogens is 223 g/mol. The molecule has 1 aromatic rings. The lowest BCUT2D eigenvalue weighted by Crippen LogP contribution is -2.36. The highest BCUT2D eigenvalue weighted by Gasteiger charge is 2.19. The Bertz CT molecular complexity index is 369. The Morgan fingerprint density at radius 3 is 3.18 bits per heavy atom. The maximum Gasteiger partial charge on any atom is 0.213 e. The molecule has 2 heterocycles. The molecule has 5 heteroatoms. The van der Waals surface area contributed by atoms with E-state index < -0.39 is 0 Å². The van der Waals surface area contributed by atoms with Gasteiger partial charge < -0.3 is 9.64 Å². The van der Waals surface area contributed by atoms with Gasteiger partial charge in [-0.25, -0.2) is 9.37 Å². The average molecular weight is 238 g/mol. The van der Waals surface area contributed by atoms with E-state index in [9.17, 15) is 9.18 Å². The normalized spacial score (nSPS) is 20.1. The first-order valence-electron chi connectivity index (χ1n) is 5.71. The van der Waals surface area contributed by atoms with E-state index in [2.05, 4.69) is 4.98 Å². The second kappa shape index (κ2) is 5.61. The molecule has 1 aliphatic rings. The van der Waals surface area contributed by atoms with Crippen molar-refractivity contribution in [2.75, 3.05) is 19.7 Å².